The molecule has 12 heavy (non-hydrogen) atoms. The summed E-state index contributed by atoms with van der Waals surface area (Å²) < 4.78 is 0. The van der Waals surface area contributed by atoms with Crippen molar-refractivity contribution in [3.8, 4) is 0 Å². The molecule has 0 fully saturated rings. The van der Waals surface area contributed by atoms with Gasteiger partial charge in [0.2, 0.25) is 0 Å². The lowest BCUT2D eigenvalue weighted by molar-refractivity contribution is 0.547. The molecule has 64 valence electrons. The third-order valence-corrected chi connectivity index (χ3v) is 1.36. The zero-order valence-electron chi connectivity index (χ0n) is 7.78. The quantitative estimate of drug-likeness (QED) is 0.634. The molecule has 0 saturated carbocycles. The Labute approximate surface area is 73.4 Å². The predicted molar refractivity (Wildman–Crippen MR) is 50.5 cm³/mol. The Morgan fingerprint density at radius 2 is 1.75 bits per heavy atom. The fourth-order valence-electron chi connectivity index (χ4n) is 0.743. The van der Waals surface area contributed by atoms with E-state index in [9.17, 15) is 0 Å². The zero-order valence-corrected chi connectivity index (χ0v) is 7.78. The van der Waals surface area contributed by atoms with Gasteiger partial charge in [-0.1, -0.05) is 32.9 Å². The Hall–Kier alpha value is -1.18. The molecule has 1 heterocycles. The molecule has 0 atom stereocenters. The summed E-state index contributed by atoms with van der Waals surface area (Å²) in [6.45, 7) is 6.48. The molecule has 0 bridgehead atoms. The van der Waals surface area contributed by atoms with E-state index in [-0.39, 0.29) is 5.41 Å². The highest BCUT2D eigenvalue weighted by Crippen LogP contribution is 2.16. The zero-order chi connectivity index (χ0) is 9.03. The number of hydrogen-bond donors (Lipinski definition) is 0. The topological polar surface area (TPSA) is 25.8 Å². The molecule has 0 spiro atoms. The second-order valence-electron chi connectivity index (χ2n) is 3.87. The van der Waals surface area contributed by atoms with Crippen molar-refractivity contribution in [3.63, 3.8) is 0 Å². The van der Waals surface area contributed by atoms with Gasteiger partial charge >= 0.3 is 0 Å². The largest absolute Gasteiger partial charge is 0.244 e. The summed E-state index contributed by atoms with van der Waals surface area (Å²) in [7, 11) is 0. The molecular weight excluding hydrogens is 148 g/mol. The van der Waals surface area contributed by atoms with Crippen LogP contribution in [0.25, 0.3) is 6.08 Å². The average Bonchev–Trinajstić information content (AvgIpc) is 2.02. The van der Waals surface area contributed by atoms with Gasteiger partial charge in [0, 0.05) is 18.0 Å². The van der Waals surface area contributed by atoms with Crippen LogP contribution in [0.3, 0.4) is 0 Å². The maximum absolute atomic E-state index is 3.92. The van der Waals surface area contributed by atoms with E-state index < -0.39 is 0 Å². The van der Waals surface area contributed by atoms with Crippen LogP contribution < -0.4 is 0 Å². The van der Waals surface area contributed by atoms with E-state index in [1.165, 1.54) is 6.33 Å². The van der Waals surface area contributed by atoms with Crippen molar-refractivity contribution in [2.45, 2.75) is 20.8 Å². The summed E-state index contributed by atoms with van der Waals surface area (Å²) in [4.78, 5) is 7.85. The maximum atomic E-state index is 3.92. The van der Waals surface area contributed by atoms with Crippen molar-refractivity contribution in [1.82, 2.24) is 9.97 Å². The number of aromatic nitrogens is 2. The smallest absolute Gasteiger partial charge is 0.115 e. The van der Waals surface area contributed by atoms with E-state index in [1.54, 1.807) is 12.4 Å². The number of nitrogens with zero attached hydrogens (tertiary/aromatic N) is 2. The second-order valence-corrected chi connectivity index (χ2v) is 3.87. The molecule has 1 aromatic rings. The first-order chi connectivity index (χ1) is 5.58. The van der Waals surface area contributed by atoms with Crippen molar-refractivity contribution < 1.29 is 0 Å². The summed E-state index contributed by atoms with van der Waals surface area (Å²) >= 11 is 0. The van der Waals surface area contributed by atoms with Crippen molar-refractivity contribution in [2.75, 3.05) is 0 Å². The van der Waals surface area contributed by atoms with Crippen LogP contribution in [0.2, 0.25) is 0 Å². The minimum atomic E-state index is 0.218. The van der Waals surface area contributed by atoms with Crippen LogP contribution in [0.1, 0.15) is 26.3 Å². The van der Waals surface area contributed by atoms with Gasteiger partial charge in [-0.25, -0.2) is 9.97 Å². The first-order valence-electron chi connectivity index (χ1n) is 4.02. The monoisotopic (exact) mass is 162 g/mol. The molecule has 0 unspecified atom stereocenters. The molecule has 0 N–H and O–H groups in total. The molecule has 0 aliphatic carbocycles. The molecule has 0 radical (unpaired) electrons. The molecular formula is C10H14N2. The summed E-state index contributed by atoms with van der Waals surface area (Å²) in [5, 5.41) is 0. The van der Waals surface area contributed by atoms with Gasteiger partial charge in [0.1, 0.15) is 6.33 Å². The molecule has 0 aliphatic heterocycles. The molecule has 0 amide bonds. The van der Waals surface area contributed by atoms with Gasteiger partial charge in [0.25, 0.3) is 0 Å². The van der Waals surface area contributed by atoms with Crippen molar-refractivity contribution >= 4 is 6.08 Å². The minimum Gasteiger partial charge on any atom is -0.244 e. The normalized spacial score (nSPS) is 12.2. The first kappa shape index (κ1) is 8.91. The Kier molecular flexibility index (Phi) is 2.58. The summed E-state index contributed by atoms with van der Waals surface area (Å²) in [5.41, 5.74) is 1.27. The molecule has 0 saturated heterocycles. The Bertz CT molecular complexity index is 257. The highest BCUT2D eigenvalue weighted by atomic mass is 14.8. The maximum Gasteiger partial charge on any atom is 0.115 e. The van der Waals surface area contributed by atoms with Crippen LogP contribution in [0, 0.1) is 5.41 Å². The van der Waals surface area contributed by atoms with Crippen molar-refractivity contribution in [3.05, 3.63) is 30.4 Å². The van der Waals surface area contributed by atoms with Crippen LogP contribution in [-0.2, 0) is 0 Å². The summed E-state index contributed by atoms with van der Waals surface area (Å²) in [5.74, 6) is 0. The molecule has 2 nitrogen and oxygen atoms in total. The predicted octanol–water partition coefficient (Wildman–Crippen LogP) is 2.54. The standard InChI is InChI=1S/C10H14N2/c1-10(2,3)5-4-9-6-11-8-12-7-9/h4-8H,1-3H3/b5-4+. The SMILES string of the molecule is CC(C)(C)/C=C/c1cncnc1. The van der Waals surface area contributed by atoms with Crippen LogP contribution in [0.4, 0.5) is 0 Å². The van der Waals surface area contributed by atoms with Gasteiger partial charge in [-0.15, -0.1) is 0 Å². The molecule has 1 aromatic heterocycles. The third kappa shape index (κ3) is 3.28. The van der Waals surface area contributed by atoms with Gasteiger partial charge in [-0.2, -0.15) is 0 Å². The highest BCUT2D eigenvalue weighted by Gasteiger charge is 2.02. The number of allylic oxidation sites excluding steroid dienone is 1. The third-order valence-electron chi connectivity index (χ3n) is 1.36. The van der Waals surface area contributed by atoms with Crippen molar-refractivity contribution in [1.29, 1.82) is 0 Å². The Balaban J connectivity index is 2.71. The van der Waals surface area contributed by atoms with E-state index in [1.807, 2.05) is 6.08 Å². The van der Waals surface area contributed by atoms with Gasteiger partial charge < -0.3 is 0 Å². The summed E-state index contributed by atoms with van der Waals surface area (Å²) in [6.07, 6.45) is 9.32. The first-order valence-corrected chi connectivity index (χ1v) is 4.02. The van der Waals surface area contributed by atoms with Crippen LogP contribution >= 0.6 is 0 Å². The number of rotatable bonds is 1. The van der Waals surface area contributed by atoms with Gasteiger partial charge in [-0.3, -0.25) is 0 Å². The second kappa shape index (κ2) is 3.48. The van der Waals surface area contributed by atoms with E-state index in [2.05, 4.69) is 36.8 Å². The Morgan fingerprint density at radius 1 is 1.17 bits per heavy atom. The lowest BCUT2D eigenvalue weighted by Gasteiger charge is -2.10. The van der Waals surface area contributed by atoms with Gasteiger partial charge in [0.05, 0.1) is 0 Å². The van der Waals surface area contributed by atoms with E-state index in [4.69, 9.17) is 0 Å². The van der Waals surface area contributed by atoms with Crippen LogP contribution in [0.15, 0.2) is 24.8 Å². The van der Waals surface area contributed by atoms with Crippen molar-refractivity contribution in [2.24, 2.45) is 5.41 Å². The van der Waals surface area contributed by atoms with Crippen LogP contribution in [-0.4, -0.2) is 9.97 Å². The molecule has 1 rings (SSSR count). The van der Waals surface area contributed by atoms with E-state index in [0.717, 1.165) is 5.56 Å². The van der Waals surface area contributed by atoms with E-state index in [0.29, 0.717) is 0 Å². The van der Waals surface area contributed by atoms with Crippen LogP contribution in [0.5, 0.6) is 0 Å². The highest BCUT2D eigenvalue weighted by molar-refractivity contribution is 5.46. The Morgan fingerprint density at radius 3 is 2.25 bits per heavy atom. The summed E-state index contributed by atoms with van der Waals surface area (Å²) in [6, 6.07) is 0. The van der Waals surface area contributed by atoms with Gasteiger partial charge in [-0.05, 0) is 5.41 Å². The van der Waals surface area contributed by atoms with E-state index >= 15 is 0 Å². The fourth-order valence-corrected chi connectivity index (χ4v) is 0.743. The molecule has 0 aliphatic rings. The average molecular weight is 162 g/mol. The molecule has 0 aromatic carbocycles. The lowest BCUT2D eigenvalue weighted by atomic mass is 9.96. The molecule has 2 heteroatoms. The fraction of sp³-hybridized carbons (Fsp3) is 0.400. The minimum absolute atomic E-state index is 0.218. The lowest BCUT2D eigenvalue weighted by Crippen LogP contribution is -1.98. The number of hydrogen-bond acceptors (Lipinski definition) is 2. The van der Waals surface area contributed by atoms with Gasteiger partial charge in [0.15, 0.2) is 0 Å².